The maximum absolute atomic E-state index is 9.07. The average Bonchev–Trinajstić information content (AvgIpc) is 3.10. The van der Waals surface area contributed by atoms with Crippen molar-refractivity contribution in [2.24, 2.45) is 0 Å². The van der Waals surface area contributed by atoms with Crippen LogP contribution in [0, 0.1) is 0 Å². The van der Waals surface area contributed by atoms with E-state index < -0.39 is 0 Å². The van der Waals surface area contributed by atoms with Gasteiger partial charge in [0, 0.05) is 0 Å². The van der Waals surface area contributed by atoms with Crippen molar-refractivity contribution >= 4 is 6.08 Å². The SMILES string of the molecule is CCC(=Cc1ccc(C2CC2)cc1)CO. The second kappa shape index (κ2) is 4.63. The summed E-state index contributed by atoms with van der Waals surface area (Å²) < 4.78 is 0. The van der Waals surface area contributed by atoms with Gasteiger partial charge in [-0.2, -0.15) is 0 Å². The third kappa shape index (κ3) is 2.69. The Morgan fingerprint density at radius 3 is 2.47 bits per heavy atom. The van der Waals surface area contributed by atoms with Gasteiger partial charge < -0.3 is 5.11 Å². The van der Waals surface area contributed by atoms with Crippen LogP contribution in [0.25, 0.3) is 6.08 Å². The van der Waals surface area contributed by atoms with Crippen LogP contribution in [0.1, 0.15) is 43.2 Å². The lowest BCUT2D eigenvalue weighted by atomic mass is 10.1. The Morgan fingerprint density at radius 1 is 1.33 bits per heavy atom. The van der Waals surface area contributed by atoms with Crippen molar-refractivity contribution in [2.75, 3.05) is 6.61 Å². The lowest BCUT2D eigenvalue weighted by Gasteiger charge is -2.02. The molecule has 1 saturated carbocycles. The van der Waals surface area contributed by atoms with Crippen molar-refractivity contribution in [3.05, 3.63) is 41.0 Å². The van der Waals surface area contributed by atoms with E-state index >= 15 is 0 Å². The van der Waals surface area contributed by atoms with Crippen molar-refractivity contribution < 1.29 is 5.11 Å². The fraction of sp³-hybridized carbons (Fsp3) is 0.429. The number of hydrogen-bond donors (Lipinski definition) is 1. The van der Waals surface area contributed by atoms with E-state index in [1.165, 1.54) is 24.0 Å². The van der Waals surface area contributed by atoms with Crippen LogP contribution in [0.15, 0.2) is 29.8 Å². The van der Waals surface area contributed by atoms with Gasteiger partial charge in [-0.1, -0.05) is 37.3 Å². The lowest BCUT2D eigenvalue weighted by Crippen LogP contribution is -1.88. The molecule has 1 fully saturated rings. The van der Waals surface area contributed by atoms with Gasteiger partial charge in [0.1, 0.15) is 0 Å². The highest BCUT2D eigenvalue weighted by atomic mass is 16.3. The van der Waals surface area contributed by atoms with Gasteiger partial charge in [-0.05, 0) is 41.9 Å². The van der Waals surface area contributed by atoms with Crippen molar-refractivity contribution in [2.45, 2.75) is 32.1 Å². The third-order valence-electron chi connectivity index (χ3n) is 3.01. The fourth-order valence-corrected chi connectivity index (χ4v) is 1.78. The zero-order valence-corrected chi connectivity index (χ0v) is 9.24. The molecule has 0 heterocycles. The van der Waals surface area contributed by atoms with Crippen molar-refractivity contribution in [3.63, 3.8) is 0 Å². The van der Waals surface area contributed by atoms with Gasteiger partial charge >= 0.3 is 0 Å². The highest BCUT2D eigenvalue weighted by Crippen LogP contribution is 2.39. The van der Waals surface area contributed by atoms with Crippen LogP contribution >= 0.6 is 0 Å². The zero-order valence-electron chi connectivity index (χ0n) is 9.24. The van der Waals surface area contributed by atoms with Crippen LogP contribution in [0.4, 0.5) is 0 Å². The Balaban J connectivity index is 2.11. The molecule has 0 radical (unpaired) electrons. The standard InChI is InChI=1S/C14H18O/c1-2-11(10-15)9-12-3-5-13(6-4-12)14-7-8-14/h3-6,9,14-15H,2,7-8,10H2,1H3. The summed E-state index contributed by atoms with van der Waals surface area (Å²) in [6.45, 7) is 2.24. The molecule has 1 heteroatoms. The molecule has 1 aromatic carbocycles. The van der Waals surface area contributed by atoms with Crippen LogP contribution in [-0.4, -0.2) is 11.7 Å². The minimum atomic E-state index is 0.168. The van der Waals surface area contributed by atoms with Gasteiger partial charge in [0.2, 0.25) is 0 Å². The van der Waals surface area contributed by atoms with Crippen LogP contribution < -0.4 is 0 Å². The van der Waals surface area contributed by atoms with E-state index in [-0.39, 0.29) is 6.61 Å². The molecule has 0 spiro atoms. The molecule has 0 aromatic heterocycles. The maximum atomic E-state index is 9.07. The molecule has 0 aliphatic heterocycles. The summed E-state index contributed by atoms with van der Waals surface area (Å²) in [5.41, 5.74) is 3.76. The van der Waals surface area contributed by atoms with E-state index in [1.54, 1.807) is 0 Å². The Hall–Kier alpha value is -1.08. The van der Waals surface area contributed by atoms with E-state index in [4.69, 9.17) is 5.11 Å². The first kappa shape index (κ1) is 10.4. The number of hydrogen-bond acceptors (Lipinski definition) is 1. The first-order valence-corrected chi connectivity index (χ1v) is 5.73. The molecule has 1 N–H and O–H groups in total. The zero-order chi connectivity index (χ0) is 10.7. The van der Waals surface area contributed by atoms with E-state index in [0.717, 1.165) is 17.9 Å². The summed E-state index contributed by atoms with van der Waals surface area (Å²) in [7, 11) is 0. The lowest BCUT2D eigenvalue weighted by molar-refractivity contribution is 0.329. The molecule has 15 heavy (non-hydrogen) atoms. The average molecular weight is 202 g/mol. The molecule has 1 nitrogen and oxygen atoms in total. The number of rotatable bonds is 4. The summed E-state index contributed by atoms with van der Waals surface area (Å²) in [6.07, 6.45) is 5.70. The highest BCUT2D eigenvalue weighted by Gasteiger charge is 2.22. The molecule has 0 amide bonds. The summed E-state index contributed by atoms with van der Waals surface area (Å²) in [5, 5.41) is 9.07. The molecule has 0 bridgehead atoms. The topological polar surface area (TPSA) is 20.2 Å². The summed E-state index contributed by atoms with van der Waals surface area (Å²) in [4.78, 5) is 0. The van der Waals surface area contributed by atoms with Gasteiger partial charge in [0.05, 0.1) is 6.61 Å². The third-order valence-corrected chi connectivity index (χ3v) is 3.01. The van der Waals surface area contributed by atoms with E-state index in [1.807, 2.05) is 0 Å². The van der Waals surface area contributed by atoms with Gasteiger partial charge in [-0.25, -0.2) is 0 Å². The van der Waals surface area contributed by atoms with Crippen molar-refractivity contribution in [1.82, 2.24) is 0 Å². The Labute approximate surface area is 91.4 Å². The smallest absolute Gasteiger partial charge is 0.0644 e. The molecular formula is C14H18O. The molecule has 1 aliphatic carbocycles. The number of aliphatic hydroxyl groups excluding tert-OH is 1. The first-order chi connectivity index (χ1) is 7.33. The van der Waals surface area contributed by atoms with Gasteiger partial charge in [-0.3, -0.25) is 0 Å². The van der Waals surface area contributed by atoms with Crippen LogP contribution in [0.2, 0.25) is 0 Å². The minimum absolute atomic E-state index is 0.168. The van der Waals surface area contributed by atoms with E-state index in [0.29, 0.717) is 0 Å². The second-order valence-electron chi connectivity index (χ2n) is 4.26. The summed E-state index contributed by atoms with van der Waals surface area (Å²) in [5.74, 6) is 0.825. The Kier molecular flexibility index (Phi) is 3.22. The first-order valence-electron chi connectivity index (χ1n) is 5.73. The van der Waals surface area contributed by atoms with E-state index in [2.05, 4.69) is 37.3 Å². The molecule has 0 atom stereocenters. The molecule has 0 unspecified atom stereocenters. The molecule has 1 aromatic rings. The molecule has 80 valence electrons. The molecule has 0 saturated heterocycles. The monoisotopic (exact) mass is 202 g/mol. The van der Waals surface area contributed by atoms with Crippen LogP contribution in [0.5, 0.6) is 0 Å². The predicted molar refractivity (Wildman–Crippen MR) is 63.8 cm³/mol. The van der Waals surface area contributed by atoms with Crippen LogP contribution in [0.3, 0.4) is 0 Å². The van der Waals surface area contributed by atoms with Crippen LogP contribution in [-0.2, 0) is 0 Å². The van der Waals surface area contributed by atoms with Gasteiger partial charge in [-0.15, -0.1) is 0 Å². The van der Waals surface area contributed by atoms with Gasteiger partial charge in [0.25, 0.3) is 0 Å². The quantitative estimate of drug-likeness (QED) is 0.793. The Morgan fingerprint density at radius 2 is 2.00 bits per heavy atom. The highest BCUT2D eigenvalue weighted by molar-refractivity contribution is 5.53. The summed E-state index contributed by atoms with van der Waals surface area (Å²) >= 11 is 0. The van der Waals surface area contributed by atoms with E-state index in [9.17, 15) is 0 Å². The largest absolute Gasteiger partial charge is 0.392 e. The second-order valence-corrected chi connectivity index (χ2v) is 4.26. The number of aliphatic hydroxyl groups is 1. The molecule has 2 rings (SSSR count). The normalized spacial score (nSPS) is 16.8. The maximum Gasteiger partial charge on any atom is 0.0644 e. The van der Waals surface area contributed by atoms with Gasteiger partial charge in [0.15, 0.2) is 0 Å². The molecule has 1 aliphatic rings. The number of benzene rings is 1. The predicted octanol–water partition coefficient (Wildman–Crippen LogP) is 3.35. The molecular weight excluding hydrogens is 184 g/mol. The fourth-order valence-electron chi connectivity index (χ4n) is 1.78. The van der Waals surface area contributed by atoms with Crippen molar-refractivity contribution in [1.29, 1.82) is 0 Å². The summed E-state index contributed by atoms with van der Waals surface area (Å²) in [6, 6.07) is 8.74. The minimum Gasteiger partial charge on any atom is -0.392 e. The Bertz CT molecular complexity index is 338. The van der Waals surface area contributed by atoms with Crippen molar-refractivity contribution in [3.8, 4) is 0 Å².